The standard InChI is InChI=1S/C19H31N3O/c1-19(2,12-16-8-6-5-7-9-16)15-21-18(20-3)22(4)13-17-10-11-23-14-17/h5-9,17H,10-15H2,1-4H3,(H,20,21). The van der Waals surface area contributed by atoms with Gasteiger partial charge in [-0.2, -0.15) is 0 Å². The Hall–Kier alpha value is -1.55. The molecule has 1 unspecified atom stereocenters. The van der Waals surface area contributed by atoms with Crippen molar-refractivity contribution in [1.29, 1.82) is 0 Å². The first kappa shape index (κ1) is 17.8. The Morgan fingerprint density at radius 3 is 2.70 bits per heavy atom. The maximum atomic E-state index is 5.47. The lowest BCUT2D eigenvalue weighted by molar-refractivity contribution is 0.181. The third-order valence-corrected chi connectivity index (χ3v) is 4.38. The van der Waals surface area contributed by atoms with Crippen molar-refractivity contribution in [1.82, 2.24) is 10.2 Å². The molecule has 0 spiro atoms. The molecule has 0 aromatic heterocycles. The number of guanidine groups is 1. The molecule has 1 fully saturated rings. The van der Waals surface area contributed by atoms with E-state index in [9.17, 15) is 0 Å². The fourth-order valence-corrected chi connectivity index (χ4v) is 3.12. The van der Waals surface area contributed by atoms with Gasteiger partial charge in [-0.15, -0.1) is 0 Å². The average Bonchev–Trinajstić information content (AvgIpc) is 3.01. The van der Waals surface area contributed by atoms with Gasteiger partial charge in [-0.25, -0.2) is 0 Å². The van der Waals surface area contributed by atoms with Gasteiger partial charge in [-0.05, 0) is 23.8 Å². The Balaban J connectivity index is 1.83. The highest BCUT2D eigenvalue weighted by atomic mass is 16.5. The van der Waals surface area contributed by atoms with Crippen LogP contribution in [0.25, 0.3) is 0 Å². The Morgan fingerprint density at radius 2 is 2.09 bits per heavy atom. The van der Waals surface area contributed by atoms with E-state index in [1.165, 1.54) is 5.56 Å². The number of nitrogens with one attached hydrogen (secondary N) is 1. The normalized spacial score (nSPS) is 19.0. The highest BCUT2D eigenvalue weighted by Gasteiger charge is 2.22. The van der Waals surface area contributed by atoms with Gasteiger partial charge >= 0.3 is 0 Å². The molecular weight excluding hydrogens is 286 g/mol. The Morgan fingerprint density at radius 1 is 1.35 bits per heavy atom. The SMILES string of the molecule is CN=C(NCC(C)(C)Cc1ccccc1)N(C)CC1CCOC1. The number of ether oxygens (including phenoxy) is 1. The van der Waals surface area contributed by atoms with Crippen molar-refractivity contribution in [2.45, 2.75) is 26.7 Å². The van der Waals surface area contributed by atoms with Gasteiger partial charge < -0.3 is 15.0 Å². The second-order valence-electron chi connectivity index (χ2n) is 7.34. The lowest BCUT2D eigenvalue weighted by Crippen LogP contribution is -2.45. The molecule has 0 radical (unpaired) electrons. The van der Waals surface area contributed by atoms with Crippen LogP contribution in [-0.2, 0) is 11.2 Å². The van der Waals surface area contributed by atoms with Crippen LogP contribution in [0.4, 0.5) is 0 Å². The van der Waals surface area contributed by atoms with E-state index in [1.54, 1.807) is 0 Å². The fraction of sp³-hybridized carbons (Fsp3) is 0.632. The van der Waals surface area contributed by atoms with Crippen molar-refractivity contribution in [3.05, 3.63) is 35.9 Å². The fourth-order valence-electron chi connectivity index (χ4n) is 3.12. The topological polar surface area (TPSA) is 36.9 Å². The molecule has 2 rings (SSSR count). The highest BCUT2D eigenvalue weighted by molar-refractivity contribution is 5.79. The zero-order valence-electron chi connectivity index (χ0n) is 15.0. The number of nitrogens with zero attached hydrogens (tertiary/aromatic N) is 2. The molecule has 1 aliphatic rings. The van der Waals surface area contributed by atoms with Gasteiger partial charge in [0.1, 0.15) is 0 Å². The number of hydrogen-bond donors (Lipinski definition) is 1. The van der Waals surface area contributed by atoms with Crippen molar-refractivity contribution in [2.24, 2.45) is 16.3 Å². The van der Waals surface area contributed by atoms with Crippen LogP contribution in [0.5, 0.6) is 0 Å². The van der Waals surface area contributed by atoms with E-state index in [2.05, 4.69) is 66.4 Å². The van der Waals surface area contributed by atoms with Crippen LogP contribution in [0.3, 0.4) is 0 Å². The molecule has 1 heterocycles. The zero-order valence-corrected chi connectivity index (χ0v) is 15.0. The van der Waals surface area contributed by atoms with Crippen molar-refractivity contribution in [3.8, 4) is 0 Å². The summed E-state index contributed by atoms with van der Waals surface area (Å²) in [4.78, 5) is 6.65. The second-order valence-corrected chi connectivity index (χ2v) is 7.34. The number of aliphatic imine (C=N–C) groups is 1. The number of rotatable bonds is 6. The van der Waals surface area contributed by atoms with Crippen LogP contribution in [0.1, 0.15) is 25.8 Å². The molecule has 4 nitrogen and oxygen atoms in total. The molecule has 1 atom stereocenters. The van der Waals surface area contributed by atoms with Gasteiger partial charge in [0.25, 0.3) is 0 Å². The first-order valence-electron chi connectivity index (χ1n) is 8.53. The van der Waals surface area contributed by atoms with Crippen LogP contribution >= 0.6 is 0 Å². The van der Waals surface area contributed by atoms with Crippen molar-refractivity contribution in [3.63, 3.8) is 0 Å². The smallest absolute Gasteiger partial charge is 0.193 e. The summed E-state index contributed by atoms with van der Waals surface area (Å²) in [5.41, 5.74) is 1.56. The quantitative estimate of drug-likeness (QED) is 0.647. The van der Waals surface area contributed by atoms with Gasteiger partial charge in [0.2, 0.25) is 0 Å². The maximum Gasteiger partial charge on any atom is 0.193 e. The van der Waals surface area contributed by atoms with Gasteiger partial charge in [-0.3, -0.25) is 4.99 Å². The lowest BCUT2D eigenvalue weighted by Gasteiger charge is -2.30. The largest absolute Gasteiger partial charge is 0.381 e. The predicted octanol–water partition coefficient (Wildman–Crippen LogP) is 2.80. The summed E-state index contributed by atoms with van der Waals surface area (Å²) < 4.78 is 5.47. The average molecular weight is 317 g/mol. The molecule has 128 valence electrons. The molecule has 1 aliphatic heterocycles. The molecule has 4 heteroatoms. The van der Waals surface area contributed by atoms with Gasteiger partial charge in [0.05, 0.1) is 6.61 Å². The molecular formula is C19H31N3O. The molecule has 1 aromatic carbocycles. The molecule has 0 aliphatic carbocycles. The van der Waals surface area contributed by atoms with Crippen LogP contribution in [0.2, 0.25) is 0 Å². The molecule has 0 bridgehead atoms. The van der Waals surface area contributed by atoms with E-state index in [0.29, 0.717) is 5.92 Å². The molecule has 23 heavy (non-hydrogen) atoms. The molecule has 1 N–H and O–H groups in total. The third-order valence-electron chi connectivity index (χ3n) is 4.38. The number of hydrogen-bond acceptors (Lipinski definition) is 2. The lowest BCUT2D eigenvalue weighted by atomic mass is 9.86. The van der Waals surface area contributed by atoms with Gasteiger partial charge in [0, 0.05) is 39.7 Å². The number of benzene rings is 1. The van der Waals surface area contributed by atoms with E-state index in [1.807, 2.05) is 7.05 Å². The van der Waals surface area contributed by atoms with E-state index < -0.39 is 0 Å². The van der Waals surface area contributed by atoms with Crippen molar-refractivity contribution in [2.75, 3.05) is 40.4 Å². The summed E-state index contributed by atoms with van der Waals surface area (Å²) >= 11 is 0. The minimum atomic E-state index is 0.175. The van der Waals surface area contributed by atoms with Crippen LogP contribution < -0.4 is 5.32 Å². The molecule has 0 amide bonds. The summed E-state index contributed by atoms with van der Waals surface area (Å²) in [6.07, 6.45) is 2.21. The molecule has 1 saturated heterocycles. The van der Waals surface area contributed by atoms with Crippen LogP contribution in [0.15, 0.2) is 35.3 Å². The third kappa shape index (κ3) is 5.87. The first-order chi connectivity index (χ1) is 11.0. The predicted molar refractivity (Wildman–Crippen MR) is 96.8 cm³/mol. The monoisotopic (exact) mass is 317 g/mol. The second kappa shape index (κ2) is 8.34. The Bertz CT molecular complexity index is 493. The summed E-state index contributed by atoms with van der Waals surface area (Å²) in [7, 11) is 3.96. The molecule has 1 aromatic rings. The Labute approximate surface area is 140 Å². The van der Waals surface area contributed by atoms with E-state index >= 15 is 0 Å². The Kier molecular flexibility index (Phi) is 6.46. The van der Waals surface area contributed by atoms with Crippen molar-refractivity contribution >= 4 is 5.96 Å². The van der Waals surface area contributed by atoms with Crippen LogP contribution in [-0.4, -0.2) is 51.3 Å². The minimum absolute atomic E-state index is 0.175. The highest BCUT2D eigenvalue weighted by Crippen LogP contribution is 2.21. The van der Waals surface area contributed by atoms with E-state index in [4.69, 9.17) is 4.74 Å². The first-order valence-corrected chi connectivity index (χ1v) is 8.53. The zero-order chi connectivity index (χ0) is 16.7. The molecule has 0 saturated carbocycles. The van der Waals surface area contributed by atoms with Gasteiger partial charge in [-0.1, -0.05) is 44.2 Å². The van der Waals surface area contributed by atoms with E-state index in [-0.39, 0.29) is 5.41 Å². The summed E-state index contributed by atoms with van der Waals surface area (Å²) in [6, 6.07) is 10.7. The van der Waals surface area contributed by atoms with Crippen LogP contribution in [0, 0.1) is 11.3 Å². The van der Waals surface area contributed by atoms with Gasteiger partial charge in [0.15, 0.2) is 5.96 Å². The van der Waals surface area contributed by atoms with Crippen molar-refractivity contribution < 1.29 is 4.74 Å². The minimum Gasteiger partial charge on any atom is -0.381 e. The maximum absolute atomic E-state index is 5.47. The van der Waals surface area contributed by atoms with E-state index in [0.717, 1.165) is 45.1 Å². The summed E-state index contributed by atoms with van der Waals surface area (Å²) in [5.74, 6) is 1.59. The summed E-state index contributed by atoms with van der Waals surface area (Å²) in [5, 5.41) is 3.54. The summed E-state index contributed by atoms with van der Waals surface area (Å²) in [6.45, 7) is 8.27.